The Balaban J connectivity index is 1.85. The molecule has 0 aromatic heterocycles. The van der Waals surface area contributed by atoms with E-state index < -0.39 is 45.4 Å². The minimum Gasteiger partial charge on any atom is -0.390 e. The van der Waals surface area contributed by atoms with Crippen LogP contribution in [0.5, 0.6) is 0 Å². The number of aryl methyl sites for hydroxylation is 2. The zero-order valence-electron chi connectivity index (χ0n) is 15.5. The first-order chi connectivity index (χ1) is 13.5. The molecule has 0 spiro atoms. The molecule has 11 heteroatoms. The van der Waals surface area contributed by atoms with Crippen molar-refractivity contribution < 1.29 is 39.5 Å². The molecule has 0 radical (unpaired) electrons. The number of ether oxygens (including phenoxy) is 1. The second kappa shape index (κ2) is 9.27. The normalized spacial score (nSPS) is 11.8. The molecular weight excluding hydrogens is 424 g/mol. The number of hydrogen-bond donors (Lipinski definition) is 0. The van der Waals surface area contributed by atoms with E-state index in [1.54, 1.807) is 38.1 Å². The molecule has 156 valence electrons. The van der Waals surface area contributed by atoms with E-state index >= 15 is 0 Å². The van der Waals surface area contributed by atoms with E-state index in [2.05, 4.69) is 13.1 Å². The number of hydrogen-bond acceptors (Lipinski definition) is 9. The van der Waals surface area contributed by atoms with Gasteiger partial charge in [-0.3, -0.25) is 8.37 Å². The van der Waals surface area contributed by atoms with Crippen LogP contribution in [0.25, 0.3) is 0 Å². The number of carbonyl (C=O) groups excluding carboxylic acids is 2. The van der Waals surface area contributed by atoms with Crippen LogP contribution in [0, 0.1) is 13.8 Å². The second-order valence-electron chi connectivity index (χ2n) is 5.90. The average Bonchev–Trinajstić information content (AvgIpc) is 2.66. The summed E-state index contributed by atoms with van der Waals surface area (Å²) in [5.41, 5.74) is 1.66. The van der Waals surface area contributed by atoms with Crippen molar-refractivity contribution in [1.29, 1.82) is 0 Å². The SMILES string of the molecule is Cc1ccc(S(=O)(=O)OCC(=O)OC(=O)COS(=O)(=O)c2ccc(C)cc2)cc1. The lowest BCUT2D eigenvalue weighted by Gasteiger charge is -2.07. The number of carbonyl (C=O) groups is 2. The molecular formula is C18H18O9S2. The lowest BCUT2D eigenvalue weighted by atomic mass is 10.2. The third-order valence-corrected chi connectivity index (χ3v) is 6.07. The maximum atomic E-state index is 12.0. The predicted octanol–water partition coefficient (Wildman–Crippen LogP) is 1.48. The first-order valence-electron chi connectivity index (χ1n) is 8.15. The lowest BCUT2D eigenvalue weighted by molar-refractivity contribution is -0.162. The van der Waals surface area contributed by atoms with Gasteiger partial charge in [0.05, 0.1) is 9.79 Å². The first kappa shape index (κ1) is 22.7. The third-order valence-electron chi connectivity index (χ3n) is 3.51. The summed E-state index contributed by atoms with van der Waals surface area (Å²) in [5, 5.41) is 0. The fourth-order valence-corrected chi connectivity index (χ4v) is 3.70. The van der Waals surface area contributed by atoms with E-state index in [9.17, 15) is 26.4 Å². The van der Waals surface area contributed by atoms with E-state index in [1.165, 1.54) is 24.3 Å². The summed E-state index contributed by atoms with van der Waals surface area (Å²) >= 11 is 0. The third kappa shape index (κ3) is 6.75. The molecule has 0 heterocycles. The molecule has 0 atom stereocenters. The van der Waals surface area contributed by atoms with Crippen molar-refractivity contribution in [3.63, 3.8) is 0 Å². The fraction of sp³-hybridized carbons (Fsp3) is 0.222. The van der Waals surface area contributed by atoms with Gasteiger partial charge in [0, 0.05) is 0 Å². The van der Waals surface area contributed by atoms with Gasteiger partial charge in [0.25, 0.3) is 20.2 Å². The number of esters is 2. The van der Waals surface area contributed by atoms with Crippen molar-refractivity contribution in [2.45, 2.75) is 23.6 Å². The topological polar surface area (TPSA) is 130 Å². The Kier molecular flexibility index (Phi) is 7.25. The molecule has 0 bridgehead atoms. The number of benzene rings is 2. The highest BCUT2D eigenvalue weighted by Gasteiger charge is 2.21. The Hall–Kier alpha value is -2.60. The first-order valence-corrected chi connectivity index (χ1v) is 11.0. The Bertz CT molecular complexity index is 996. The molecule has 0 aliphatic rings. The molecule has 0 N–H and O–H groups in total. The average molecular weight is 442 g/mol. The van der Waals surface area contributed by atoms with Gasteiger partial charge >= 0.3 is 11.9 Å². The van der Waals surface area contributed by atoms with Gasteiger partial charge in [-0.2, -0.15) is 16.8 Å². The molecule has 0 unspecified atom stereocenters. The summed E-state index contributed by atoms with van der Waals surface area (Å²) in [6, 6.07) is 11.4. The van der Waals surface area contributed by atoms with Crippen LogP contribution < -0.4 is 0 Å². The van der Waals surface area contributed by atoms with Gasteiger partial charge in [0.2, 0.25) is 0 Å². The van der Waals surface area contributed by atoms with Crippen LogP contribution >= 0.6 is 0 Å². The van der Waals surface area contributed by atoms with Crippen LogP contribution in [0.1, 0.15) is 11.1 Å². The smallest absolute Gasteiger partial charge is 0.341 e. The van der Waals surface area contributed by atoms with Crippen molar-refractivity contribution in [3.8, 4) is 0 Å². The Labute approximate surface area is 168 Å². The Morgan fingerprint density at radius 2 is 0.966 bits per heavy atom. The molecule has 9 nitrogen and oxygen atoms in total. The maximum Gasteiger partial charge on any atom is 0.341 e. The Morgan fingerprint density at radius 3 is 1.28 bits per heavy atom. The molecule has 0 saturated carbocycles. The minimum absolute atomic E-state index is 0.172. The molecule has 0 aliphatic carbocycles. The van der Waals surface area contributed by atoms with Crippen LogP contribution in [0.2, 0.25) is 0 Å². The van der Waals surface area contributed by atoms with Crippen LogP contribution in [0.4, 0.5) is 0 Å². The highest BCUT2D eigenvalue weighted by atomic mass is 32.2. The van der Waals surface area contributed by atoms with E-state index in [1.807, 2.05) is 0 Å². The van der Waals surface area contributed by atoms with E-state index in [0.717, 1.165) is 11.1 Å². The monoisotopic (exact) mass is 442 g/mol. The molecule has 29 heavy (non-hydrogen) atoms. The molecule has 0 amide bonds. The molecule has 0 saturated heterocycles. The summed E-state index contributed by atoms with van der Waals surface area (Å²) in [5.74, 6) is -2.64. The molecule has 2 rings (SSSR count). The van der Waals surface area contributed by atoms with Gasteiger partial charge in [0.1, 0.15) is 0 Å². The zero-order chi connectivity index (χ0) is 21.7. The zero-order valence-corrected chi connectivity index (χ0v) is 17.2. The molecule has 2 aromatic rings. The van der Waals surface area contributed by atoms with Crippen molar-refractivity contribution in [1.82, 2.24) is 0 Å². The van der Waals surface area contributed by atoms with Gasteiger partial charge in [-0.1, -0.05) is 35.4 Å². The van der Waals surface area contributed by atoms with Gasteiger partial charge in [-0.25, -0.2) is 9.59 Å². The second-order valence-corrected chi connectivity index (χ2v) is 9.14. The van der Waals surface area contributed by atoms with E-state index in [0.29, 0.717) is 0 Å². The summed E-state index contributed by atoms with van der Waals surface area (Å²) in [6.07, 6.45) is 0. The summed E-state index contributed by atoms with van der Waals surface area (Å²) in [6.45, 7) is 1.40. The van der Waals surface area contributed by atoms with Gasteiger partial charge < -0.3 is 4.74 Å². The highest BCUT2D eigenvalue weighted by Crippen LogP contribution is 2.14. The molecule has 0 aliphatic heterocycles. The molecule has 0 fully saturated rings. The lowest BCUT2D eigenvalue weighted by Crippen LogP contribution is -2.23. The quantitative estimate of drug-likeness (QED) is 0.339. The summed E-state index contributed by atoms with van der Waals surface area (Å²) in [4.78, 5) is 22.8. The van der Waals surface area contributed by atoms with Crippen molar-refractivity contribution in [2.75, 3.05) is 13.2 Å². The largest absolute Gasteiger partial charge is 0.390 e. The van der Waals surface area contributed by atoms with E-state index in [-0.39, 0.29) is 9.79 Å². The van der Waals surface area contributed by atoms with Gasteiger partial charge in [-0.05, 0) is 38.1 Å². The van der Waals surface area contributed by atoms with Crippen LogP contribution in [-0.4, -0.2) is 42.0 Å². The minimum atomic E-state index is -4.22. The van der Waals surface area contributed by atoms with Crippen LogP contribution in [0.15, 0.2) is 58.3 Å². The van der Waals surface area contributed by atoms with Crippen molar-refractivity contribution in [3.05, 3.63) is 59.7 Å². The van der Waals surface area contributed by atoms with Gasteiger partial charge in [0.15, 0.2) is 13.2 Å². The Morgan fingerprint density at radius 1 is 0.655 bits per heavy atom. The van der Waals surface area contributed by atoms with Crippen molar-refractivity contribution >= 4 is 32.2 Å². The standard InChI is InChI=1S/C18H18O9S2/c1-13-3-7-15(8-4-13)28(21,22)25-11-17(19)27-18(20)12-26-29(23,24)16-9-5-14(2)6-10-16/h3-10H,11-12H2,1-2H3. The van der Waals surface area contributed by atoms with Crippen LogP contribution in [0.3, 0.4) is 0 Å². The van der Waals surface area contributed by atoms with E-state index in [4.69, 9.17) is 0 Å². The van der Waals surface area contributed by atoms with Crippen LogP contribution in [-0.2, 0) is 42.9 Å². The predicted molar refractivity (Wildman–Crippen MR) is 99.7 cm³/mol. The van der Waals surface area contributed by atoms with Crippen molar-refractivity contribution in [2.24, 2.45) is 0 Å². The van der Waals surface area contributed by atoms with Gasteiger partial charge in [-0.15, -0.1) is 0 Å². The fourth-order valence-electron chi connectivity index (χ4n) is 1.98. The summed E-state index contributed by atoms with van der Waals surface area (Å²) in [7, 11) is -8.44. The number of rotatable bonds is 8. The highest BCUT2D eigenvalue weighted by molar-refractivity contribution is 7.87. The summed E-state index contributed by atoms with van der Waals surface area (Å²) < 4.78 is 61.2. The molecule has 2 aromatic carbocycles. The maximum absolute atomic E-state index is 12.0.